The van der Waals surface area contributed by atoms with Crippen molar-refractivity contribution in [2.45, 2.75) is 58.2 Å². The van der Waals surface area contributed by atoms with Gasteiger partial charge in [0.1, 0.15) is 5.75 Å². The van der Waals surface area contributed by atoms with Crippen LogP contribution in [0, 0.1) is 5.92 Å². The van der Waals surface area contributed by atoms with Gasteiger partial charge in [0.2, 0.25) is 0 Å². The fourth-order valence-electron chi connectivity index (χ4n) is 2.15. The Morgan fingerprint density at radius 1 is 1.09 bits per heavy atom. The van der Waals surface area contributed by atoms with Crippen molar-refractivity contribution in [3.8, 4) is 5.75 Å². The summed E-state index contributed by atoms with van der Waals surface area (Å²) in [7, 11) is 0. The highest BCUT2D eigenvalue weighted by molar-refractivity contribution is 5.28. The minimum atomic E-state index is -4.31. The van der Waals surface area contributed by atoms with Crippen LogP contribution >= 0.6 is 0 Å². The topological polar surface area (TPSA) is 29.5 Å². The van der Waals surface area contributed by atoms with E-state index in [1.807, 2.05) is 0 Å². The van der Waals surface area contributed by atoms with Gasteiger partial charge in [-0.2, -0.15) is 13.2 Å². The highest BCUT2D eigenvalue weighted by atomic mass is 19.4. The number of benzene rings is 1. The molecule has 1 aromatic carbocycles. The number of halogens is 3. The van der Waals surface area contributed by atoms with Crippen molar-refractivity contribution >= 4 is 0 Å². The van der Waals surface area contributed by atoms with Crippen LogP contribution in [0.2, 0.25) is 0 Å². The Kier molecular flexibility index (Phi) is 6.72. The van der Waals surface area contributed by atoms with Crippen LogP contribution in [0.5, 0.6) is 5.75 Å². The van der Waals surface area contributed by atoms with Crippen LogP contribution in [0.3, 0.4) is 0 Å². The molecule has 0 saturated heterocycles. The molecule has 2 nitrogen and oxygen atoms in total. The predicted octanol–water partition coefficient (Wildman–Crippen LogP) is 5.05. The van der Waals surface area contributed by atoms with Crippen LogP contribution in [0.4, 0.5) is 13.2 Å². The highest BCUT2D eigenvalue weighted by Crippen LogP contribution is 2.30. The average Bonchev–Trinajstić information content (AvgIpc) is 2.36. The van der Waals surface area contributed by atoms with Gasteiger partial charge in [-0.05, 0) is 56.9 Å². The van der Waals surface area contributed by atoms with E-state index in [2.05, 4.69) is 6.92 Å². The van der Waals surface area contributed by atoms with Crippen molar-refractivity contribution in [1.29, 1.82) is 0 Å². The number of hydrogen-bond acceptors (Lipinski definition) is 2. The van der Waals surface area contributed by atoms with Crippen molar-refractivity contribution < 1.29 is 23.0 Å². The minimum absolute atomic E-state index is 0.455. The van der Waals surface area contributed by atoms with E-state index in [0.717, 1.165) is 37.8 Å². The number of ether oxygens (including phenoxy) is 1. The lowest BCUT2D eigenvalue weighted by Crippen LogP contribution is -2.18. The van der Waals surface area contributed by atoms with Crippen LogP contribution in [0.25, 0.3) is 0 Å². The molecule has 1 N–H and O–H groups in total. The van der Waals surface area contributed by atoms with Crippen LogP contribution in [-0.2, 0) is 6.18 Å². The maximum Gasteiger partial charge on any atom is 0.416 e. The quantitative estimate of drug-likeness (QED) is 0.726. The van der Waals surface area contributed by atoms with E-state index in [9.17, 15) is 18.3 Å². The molecule has 0 aliphatic carbocycles. The van der Waals surface area contributed by atoms with Crippen LogP contribution in [-0.4, -0.2) is 17.3 Å². The zero-order valence-corrected chi connectivity index (χ0v) is 13.4. The molecule has 0 aromatic heterocycles. The Hall–Kier alpha value is -1.23. The van der Waals surface area contributed by atoms with E-state index in [4.69, 9.17) is 4.74 Å². The van der Waals surface area contributed by atoms with E-state index < -0.39 is 17.3 Å². The number of hydrogen-bond donors (Lipinski definition) is 1. The summed E-state index contributed by atoms with van der Waals surface area (Å²) in [6.07, 6.45) is -0.761. The molecule has 0 radical (unpaired) electrons. The fraction of sp³-hybridized carbons (Fsp3) is 0.647. The van der Waals surface area contributed by atoms with Gasteiger partial charge < -0.3 is 9.84 Å². The Labute approximate surface area is 130 Å². The molecule has 0 aliphatic heterocycles. The first-order valence-electron chi connectivity index (χ1n) is 7.60. The predicted molar refractivity (Wildman–Crippen MR) is 80.9 cm³/mol. The van der Waals surface area contributed by atoms with E-state index in [0.29, 0.717) is 18.3 Å². The van der Waals surface area contributed by atoms with Gasteiger partial charge in [0.25, 0.3) is 0 Å². The van der Waals surface area contributed by atoms with Gasteiger partial charge in [-0.3, -0.25) is 0 Å². The van der Waals surface area contributed by atoms with Gasteiger partial charge >= 0.3 is 6.18 Å². The summed E-state index contributed by atoms with van der Waals surface area (Å²) >= 11 is 0. The van der Waals surface area contributed by atoms with Crippen LogP contribution < -0.4 is 4.74 Å². The number of aliphatic hydroxyl groups is 1. The molecule has 0 amide bonds. The molecular formula is C17H25F3O2. The zero-order valence-electron chi connectivity index (χ0n) is 13.4. The summed E-state index contributed by atoms with van der Waals surface area (Å²) in [6, 6.07) is 4.76. The molecule has 0 bridgehead atoms. The summed E-state index contributed by atoms with van der Waals surface area (Å²) in [5.41, 5.74) is -1.30. The standard InChI is InChI=1S/C17H25F3O2/c1-13(5-4-11-16(2,3)21)10-12-22-15-8-6-14(7-9-15)17(18,19)20/h6-9,13,21H,4-5,10-12H2,1-3H3. The number of rotatable bonds is 8. The number of alkyl halides is 3. The van der Waals surface area contributed by atoms with Crippen molar-refractivity contribution in [2.24, 2.45) is 5.92 Å². The highest BCUT2D eigenvalue weighted by Gasteiger charge is 2.29. The molecule has 1 aromatic rings. The molecular weight excluding hydrogens is 293 g/mol. The fourth-order valence-corrected chi connectivity index (χ4v) is 2.15. The molecule has 0 saturated carbocycles. The third-order valence-electron chi connectivity index (χ3n) is 3.55. The summed E-state index contributed by atoms with van der Waals surface area (Å²) in [5, 5.41) is 9.63. The maximum absolute atomic E-state index is 12.4. The monoisotopic (exact) mass is 318 g/mol. The van der Waals surface area contributed by atoms with E-state index in [1.165, 1.54) is 12.1 Å². The molecule has 0 fully saturated rings. The lowest BCUT2D eigenvalue weighted by Gasteiger charge is -2.18. The molecule has 1 atom stereocenters. The first-order valence-corrected chi connectivity index (χ1v) is 7.60. The Bertz CT molecular complexity index is 433. The van der Waals surface area contributed by atoms with E-state index in [-0.39, 0.29) is 0 Å². The van der Waals surface area contributed by atoms with Crippen LogP contribution in [0.15, 0.2) is 24.3 Å². The molecule has 126 valence electrons. The van der Waals surface area contributed by atoms with Crippen molar-refractivity contribution in [3.05, 3.63) is 29.8 Å². The third-order valence-corrected chi connectivity index (χ3v) is 3.55. The normalized spacial score (nSPS) is 14.0. The largest absolute Gasteiger partial charge is 0.494 e. The Balaban J connectivity index is 2.26. The zero-order chi connectivity index (χ0) is 16.8. The van der Waals surface area contributed by atoms with Crippen LogP contribution in [0.1, 0.15) is 52.0 Å². The van der Waals surface area contributed by atoms with Gasteiger partial charge in [0, 0.05) is 0 Å². The second-order valence-corrected chi connectivity index (χ2v) is 6.47. The second kappa shape index (κ2) is 7.86. The molecule has 1 rings (SSSR count). The van der Waals surface area contributed by atoms with Gasteiger partial charge in [0.15, 0.2) is 0 Å². The SMILES string of the molecule is CC(CCCC(C)(C)O)CCOc1ccc(C(F)(F)F)cc1. The van der Waals surface area contributed by atoms with Crippen molar-refractivity contribution in [3.63, 3.8) is 0 Å². The summed E-state index contributed by atoms with van der Waals surface area (Å²) in [4.78, 5) is 0. The smallest absolute Gasteiger partial charge is 0.416 e. The van der Waals surface area contributed by atoms with Crippen molar-refractivity contribution in [1.82, 2.24) is 0 Å². The molecule has 0 aliphatic rings. The summed E-state index contributed by atoms with van der Waals surface area (Å²) in [5.74, 6) is 0.911. The minimum Gasteiger partial charge on any atom is -0.494 e. The lowest BCUT2D eigenvalue weighted by atomic mass is 9.95. The van der Waals surface area contributed by atoms with E-state index >= 15 is 0 Å². The first kappa shape index (κ1) is 18.8. The Morgan fingerprint density at radius 2 is 1.68 bits per heavy atom. The molecule has 0 heterocycles. The van der Waals surface area contributed by atoms with Crippen molar-refractivity contribution in [2.75, 3.05) is 6.61 Å². The summed E-state index contributed by atoms with van der Waals surface area (Å²) in [6.45, 7) is 6.19. The van der Waals surface area contributed by atoms with Gasteiger partial charge in [0.05, 0.1) is 17.8 Å². The summed E-state index contributed by atoms with van der Waals surface area (Å²) < 4.78 is 42.7. The van der Waals surface area contributed by atoms with Gasteiger partial charge in [-0.1, -0.05) is 19.8 Å². The average molecular weight is 318 g/mol. The van der Waals surface area contributed by atoms with Gasteiger partial charge in [-0.25, -0.2) is 0 Å². The molecule has 22 heavy (non-hydrogen) atoms. The third kappa shape index (κ3) is 7.69. The first-order chi connectivity index (χ1) is 10.1. The van der Waals surface area contributed by atoms with E-state index in [1.54, 1.807) is 13.8 Å². The lowest BCUT2D eigenvalue weighted by molar-refractivity contribution is -0.137. The van der Waals surface area contributed by atoms with Gasteiger partial charge in [-0.15, -0.1) is 0 Å². The molecule has 5 heteroatoms. The molecule has 1 unspecified atom stereocenters. The molecule has 0 spiro atoms. The second-order valence-electron chi connectivity index (χ2n) is 6.47. The maximum atomic E-state index is 12.4. The Morgan fingerprint density at radius 3 is 2.18 bits per heavy atom.